The van der Waals surface area contributed by atoms with Crippen LogP contribution in [0.3, 0.4) is 0 Å². The number of para-hydroxylation sites is 1. The van der Waals surface area contributed by atoms with Gasteiger partial charge in [-0.3, -0.25) is 0 Å². The molecule has 0 saturated heterocycles. The van der Waals surface area contributed by atoms with Gasteiger partial charge in [0, 0.05) is 6.26 Å². The van der Waals surface area contributed by atoms with E-state index in [2.05, 4.69) is 10.6 Å². The molecule has 2 N–H and O–H groups in total. The first-order chi connectivity index (χ1) is 11.7. The highest BCUT2D eigenvalue weighted by Crippen LogP contribution is 2.21. The van der Waals surface area contributed by atoms with E-state index in [9.17, 15) is 17.2 Å². The summed E-state index contributed by atoms with van der Waals surface area (Å²) < 4.78 is 50.3. The van der Waals surface area contributed by atoms with E-state index in [-0.39, 0.29) is 21.7 Å². The molecule has 0 amide bonds. The standard InChI is InChI=1S/C17H18F2N2O2S2/c1-3-15(11-7-9-12(10-8-11)25(2,22)23)20-17(24)21-16-13(18)5-4-6-14(16)19/h4-10,15H,3H2,1-2H3,(H2,20,21,24)/t15-/m0/s1. The average Bonchev–Trinajstić information content (AvgIpc) is 2.55. The van der Waals surface area contributed by atoms with E-state index in [1.54, 1.807) is 12.1 Å². The van der Waals surface area contributed by atoms with Crippen molar-refractivity contribution in [3.63, 3.8) is 0 Å². The number of rotatable bonds is 5. The number of hydrogen-bond acceptors (Lipinski definition) is 3. The topological polar surface area (TPSA) is 58.2 Å². The molecule has 0 unspecified atom stereocenters. The van der Waals surface area contributed by atoms with Gasteiger partial charge in [-0.1, -0.05) is 25.1 Å². The Morgan fingerprint density at radius 1 is 1.12 bits per heavy atom. The molecule has 0 aliphatic rings. The normalized spacial score (nSPS) is 12.5. The first-order valence-corrected chi connectivity index (χ1v) is 9.84. The summed E-state index contributed by atoms with van der Waals surface area (Å²) in [6, 6.07) is 9.70. The van der Waals surface area contributed by atoms with Gasteiger partial charge in [-0.05, 0) is 48.5 Å². The first-order valence-electron chi connectivity index (χ1n) is 7.54. The Morgan fingerprint density at radius 2 is 1.68 bits per heavy atom. The van der Waals surface area contributed by atoms with Crippen LogP contribution in [-0.4, -0.2) is 19.8 Å². The minimum atomic E-state index is -3.27. The van der Waals surface area contributed by atoms with Crippen molar-refractivity contribution in [3.8, 4) is 0 Å². The highest BCUT2D eigenvalue weighted by molar-refractivity contribution is 7.90. The highest BCUT2D eigenvalue weighted by Gasteiger charge is 2.15. The fourth-order valence-electron chi connectivity index (χ4n) is 2.29. The maximum Gasteiger partial charge on any atom is 0.175 e. The average molecular weight is 384 g/mol. The third kappa shape index (κ3) is 4.96. The van der Waals surface area contributed by atoms with Crippen molar-refractivity contribution in [1.29, 1.82) is 0 Å². The van der Waals surface area contributed by atoms with Gasteiger partial charge in [-0.25, -0.2) is 17.2 Å². The number of anilines is 1. The summed E-state index contributed by atoms with van der Waals surface area (Å²) in [7, 11) is -3.27. The molecule has 0 bridgehead atoms. The lowest BCUT2D eigenvalue weighted by Gasteiger charge is -2.20. The van der Waals surface area contributed by atoms with Crippen molar-refractivity contribution in [2.45, 2.75) is 24.3 Å². The van der Waals surface area contributed by atoms with Crippen LogP contribution in [0.5, 0.6) is 0 Å². The number of sulfone groups is 1. The SMILES string of the molecule is CC[C@H](NC(=S)Nc1c(F)cccc1F)c1ccc(S(C)(=O)=O)cc1. The van der Waals surface area contributed by atoms with Crippen LogP contribution in [-0.2, 0) is 9.84 Å². The van der Waals surface area contributed by atoms with Crippen molar-refractivity contribution in [2.24, 2.45) is 0 Å². The van der Waals surface area contributed by atoms with Gasteiger partial charge in [0.25, 0.3) is 0 Å². The molecule has 0 heterocycles. The van der Waals surface area contributed by atoms with Crippen LogP contribution in [0.4, 0.5) is 14.5 Å². The smallest absolute Gasteiger partial charge is 0.175 e. The van der Waals surface area contributed by atoms with Crippen molar-refractivity contribution < 1.29 is 17.2 Å². The van der Waals surface area contributed by atoms with Gasteiger partial charge >= 0.3 is 0 Å². The molecule has 0 saturated carbocycles. The summed E-state index contributed by atoms with van der Waals surface area (Å²) in [6.45, 7) is 1.91. The molecule has 25 heavy (non-hydrogen) atoms. The van der Waals surface area contributed by atoms with Crippen LogP contribution in [0, 0.1) is 11.6 Å². The van der Waals surface area contributed by atoms with Gasteiger partial charge in [0.2, 0.25) is 0 Å². The number of hydrogen-bond donors (Lipinski definition) is 2. The van der Waals surface area contributed by atoms with E-state index < -0.39 is 21.5 Å². The zero-order chi connectivity index (χ0) is 18.6. The molecule has 134 valence electrons. The van der Waals surface area contributed by atoms with Crippen LogP contribution in [0.1, 0.15) is 24.9 Å². The molecule has 0 aliphatic carbocycles. The van der Waals surface area contributed by atoms with E-state index in [4.69, 9.17) is 12.2 Å². The lowest BCUT2D eigenvalue weighted by molar-refractivity contribution is 0.589. The third-order valence-corrected chi connectivity index (χ3v) is 4.97. The van der Waals surface area contributed by atoms with E-state index >= 15 is 0 Å². The van der Waals surface area contributed by atoms with Gasteiger partial charge in [0.05, 0.1) is 10.9 Å². The molecule has 2 aromatic carbocycles. The summed E-state index contributed by atoms with van der Waals surface area (Å²) in [4.78, 5) is 0.222. The lowest BCUT2D eigenvalue weighted by atomic mass is 10.1. The van der Waals surface area contributed by atoms with Crippen molar-refractivity contribution in [3.05, 3.63) is 59.7 Å². The number of halogens is 2. The predicted molar refractivity (Wildman–Crippen MR) is 98.3 cm³/mol. The predicted octanol–water partition coefficient (Wildman–Crippen LogP) is 3.81. The molecule has 0 radical (unpaired) electrons. The largest absolute Gasteiger partial charge is 0.356 e. The molecule has 2 aromatic rings. The second-order valence-electron chi connectivity index (χ2n) is 5.50. The van der Waals surface area contributed by atoms with Crippen LogP contribution < -0.4 is 10.6 Å². The molecule has 0 spiro atoms. The Balaban J connectivity index is 2.12. The van der Waals surface area contributed by atoms with E-state index in [1.807, 2.05) is 6.92 Å². The van der Waals surface area contributed by atoms with Gasteiger partial charge in [-0.15, -0.1) is 0 Å². The Labute approximate surface area is 151 Å². The zero-order valence-corrected chi connectivity index (χ0v) is 15.3. The minimum absolute atomic E-state index is 0.0723. The molecule has 4 nitrogen and oxygen atoms in total. The fourth-order valence-corrected chi connectivity index (χ4v) is 3.17. The van der Waals surface area contributed by atoms with Crippen molar-refractivity contribution in [2.75, 3.05) is 11.6 Å². The van der Waals surface area contributed by atoms with Crippen LogP contribution in [0.25, 0.3) is 0 Å². The molecular weight excluding hydrogens is 366 g/mol. The number of benzene rings is 2. The fraction of sp³-hybridized carbons (Fsp3) is 0.235. The van der Waals surface area contributed by atoms with Gasteiger partial charge in [0.1, 0.15) is 17.3 Å². The first kappa shape index (κ1) is 19.3. The molecule has 2 rings (SSSR count). The van der Waals surface area contributed by atoms with E-state index in [1.165, 1.54) is 18.2 Å². The van der Waals surface area contributed by atoms with Crippen LogP contribution >= 0.6 is 12.2 Å². The zero-order valence-electron chi connectivity index (χ0n) is 13.7. The Hall–Kier alpha value is -2.06. The molecule has 0 aromatic heterocycles. The second-order valence-corrected chi connectivity index (χ2v) is 7.92. The summed E-state index contributed by atoms with van der Waals surface area (Å²) in [6.07, 6.45) is 1.78. The maximum absolute atomic E-state index is 13.7. The van der Waals surface area contributed by atoms with Gasteiger partial charge < -0.3 is 10.6 Å². The lowest BCUT2D eigenvalue weighted by Crippen LogP contribution is -2.32. The molecular formula is C17H18F2N2O2S2. The molecule has 8 heteroatoms. The van der Waals surface area contributed by atoms with Crippen molar-refractivity contribution in [1.82, 2.24) is 5.32 Å². The molecule has 0 fully saturated rings. The van der Waals surface area contributed by atoms with Gasteiger partial charge in [0.15, 0.2) is 14.9 Å². The Morgan fingerprint density at radius 3 is 2.16 bits per heavy atom. The highest BCUT2D eigenvalue weighted by atomic mass is 32.2. The summed E-state index contributed by atoms with van der Waals surface area (Å²) in [5.41, 5.74) is 0.496. The van der Waals surface area contributed by atoms with E-state index in [0.29, 0.717) is 6.42 Å². The van der Waals surface area contributed by atoms with Crippen LogP contribution in [0.2, 0.25) is 0 Å². The van der Waals surface area contributed by atoms with Crippen LogP contribution in [0.15, 0.2) is 47.4 Å². The maximum atomic E-state index is 13.7. The van der Waals surface area contributed by atoms with Gasteiger partial charge in [-0.2, -0.15) is 0 Å². The quantitative estimate of drug-likeness (QED) is 0.768. The number of thiocarbonyl (C=S) groups is 1. The van der Waals surface area contributed by atoms with Crippen molar-refractivity contribution >= 4 is 32.9 Å². The monoisotopic (exact) mass is 384 g/mol. The Kier molecular flexibility index (Phi) is 6.07. The van der Waals surface area contributed by atoms with E-state index in [0.717, 1.165) is 24.0 Å². The minimum Gasteiger partial charge on any atom is -0.356 e. The molecule has 0 aliphatic heterocycles. The third-order valence-electron chi connectivity index (χ3n) is 3.63. The molecule has 1 atom stereocenters. The summed E-state index contributed by atoms with van der Waals surface area (Å²) in [5.74, 6) is -1.48. The Bertz CT molecular complexity index is 848. The summed E-state index contributed by atoms with van der Waals surface area (Å²) in [5, 5.41) is 5.58. The number of nitrogens with one attached hydrogen (secondary N) is 2. The second kappa shape index (κ2) is 7.88. The summed E-state index contributed by atoms with van der Waals surface area (Å²) >= 11 is 5.13.